The topological polar surface area (TPSA) is 63.6 Å². The highest BCUT2D eigenvalue weighted by Crippen LogP contribution is 2.31. The Morgan fingerprint density at radius 3 is 1.72 bits per heavy atom. The molecule has 4 heteroatoms. The number of allylic oxidation sites excluding steroid dienone is 2. The molecule has 1 fully saturated rings. The molecule has 0 spiro atoms. The summed E-state index contributed by atoms with van der Waals surface area (Å²) in [7, 11) is 0. The van der Waals surface area contributed by atoms with E-state index in [0.29, 0.717) is 19.4 Å². The van der Waals surface area contributed by atoms with E-state index in [1.807, 2.05) is 0 Å². The molecule has 1 rings (SSSR count). The molecule has 0 saturated heterocycles. The van der Waals surface area contributed by atoms with E-state index >= 15 is 0 Å². The largest absolute Gasteiger partial charge is 0.481 e. The summed E-state index contributed by atoms with van der Waals surface area (Å²) in [6.45, 7) is 2.69. The predicted octanol–water partition coefficient (Wildman–Crippen LogP) is 8.24. The van der Waals surface area contributed by atoms with Gasteiger partial charge in [-0.3, -0.25) is 9.59 Å². The Morgan fingerprint density at radius 1 is 0.719 bits per heavy atom. The average Bonchev–Trinajstić information content (AvgIpc) is 2.80. The fourth-order valence-electron chi connectivity index (χ4n) is 4.68. The number of hydrogen-bond acceptors (Lipinski definition) is 3. The molecule has 0 aromatic rings. The molecule has 0 aromatic carbocycles. The van der Waals surface area contributed by atoms with Crippen molar-refractivity contribution in [2.24, 2.45) is 11.8 Å². The van der Waals surface area contributed by atoms with Crippen LogP contribution in [0, 0.1) is 11.8 Å². The van der Waals surface area contributed by atoms with Gasteiger partial charge in [0.1, 0.15) is 0 Å². The van der Waals surface area contributed by atoms with Crippen molar-refractivity contribution in [1.29, 1.82) is 0 Å². The van der Waals surface area contributed by atoms with Crippen LogP contribution in [-0.2, 0) is 14.3 Å². The van der Waals surface area contributed by atoms with Crippen LogP contribution in [0.2, 0.25) is 0 Å². The number of unbranched alkanes of at least 4 members (excludes halogenated alkanes) is 14. The molecular formula is C28H50O4. The lowest BCUT2D eigenvalue weighted by Gasteiger charge is -2.26. The van der Waals surface area contributed by atoms with Gasteiger partial charge in [-0.2, -0.15) is 0 Å². The zero-order valence-corrected chi connectivity index (χ0v) is 20.8. The lowest BCUT2D eigenvalue weighted by molar-refractivity contribution is -0.159. The second kappa shape index (κ2) is 20.3. The summed E-state index contributed by atoms with van der Waals surface area (Å²) in [5, 5.41) is 9.28. The zero-order valence-electron chi connectivity index (χ0n) is 20.8. The molecule has 186 valence electrons. The lowest BCUT2D eigenvalue weighted by atomic mass is 9.79. The van der Waals surface area contributed by atoms with Gasteiger partial charge in [0.05, 0.1) is 18.4 Å². The number of hydrogen-bond donors (Lipinski definition) is 1. The van der Waals surface area contributed by atoms with Gasteiger partial charge in [0.2, 0.25) is 0 Å². The maximum Gasteiger partial charge on any atom is 0.309 e. The molecule has 0 radical (unpaired) electrons. The smallest absolute Gasteiger partial charge is 0.309 e. The molecule has 2 unspecified atom stereocenters. The molecule has 0 aromatic heterocycles. The van der Waals surface area contributed by atoms with Gasteiger partial charge in [-0.05, 0) is 38.5 Å². The molecule has 0 heterocycles. The van der Waals surface area contributed by atoms with E-state index in [9.17, 15) is 14.7 Å². The van der Waals surface area contributed by atoms with Crippen LogP contribution >= 0.6 is 0 Å². The molecule has 0 bridgehead atoms. The molecule has 1 aliphatic rings. The molecule has 0 amide bonds. The van der Waals surface area contributed by atoms with Gasteiger partial charge in [0, 0.05) is 0 Å². The lowest BCUT2D eigenvalue weighted by Crippen LogP contribution is -2.33. The molecular weight excluding hydrogens is 400 g/mol. The van der Waals surface area contributed by atoms with Crippen molar-refractivity contribution in [2.75, 3.05) is 6.61 Å². The van der Waals surface area contributed by atoms with Gasteiger partial charge in [0.25, 0.3) is 0 Å². The third kappa shape index (κ3) is 14.7. The minimum Gasteiger partial charge on any atom is -0.481 e. The number of carbonyl (C=O) groups excluding carboxylic acids is 1. The fourth-order valence-corrected chi connectivity index (χ4v) is 4.68. The predicted molar refractivity (Wildman–Crippen MR) is 133 cm³/mol. The second-order valence-corrected chi connectivity index (χ2v) is 9.65. The zero-order chi connectivity index (χ0) is 23.3. The Kier molecular flexibility index (Phi) is 18.2. The summed E-state index contributed by atoms with van der Waals surface area (Å²) < 4.78 is 5.38. The number of aliphatic carboxylic acids is 1. The third-order valence-corrected chi connectivity index (χ3v) is 6.79. The van der Waals surface area contributed by atoms with E-state index in [2.05, 4.69) is 19.1 Å². The normalized spacial score (nSPS) is 18.8. The number of ether oxygens (including phenoxy) is 1. The molecule has 1 saturated carbocycles. The summed E-state index contributed by atoms with van der Waals surface area (Å²) in [4.78, 5) is 23.5. The van der Waals surface area contributed by atoms with E-state index in [4.69, 9.17) is 4.74 Å². The van der Waals surface area contributed by atoms with Crippen LogP contribution in [-0.4, -0.2) is 23.7 Å². The average molecular weight is 451 g/mol. The number of carbonyl (C=O) groups is 2. The fraction of sp³-hybridized carbons (Fsp3) is 0.857. The monoisotopic (exact) mass is 450 g/mol. The number of carboxylic acid groups (broad SMARTS) is 1. The van der Waals surface area contributed by atoms with Crippen LogP contribution in [0.15, 0.2) is 12.2 Å². The number of carboxylic acids is 1. The summed E-state index contributed by atoms with van der Waals surface area (Å²) >= 11 is 0. The van der Waals surface area contributed by atoms with Crippen molar-refractivity contribution in [1.82, 2.24) is 0 Å². The first-order valence-corrected chi connectivity index (χ1v) is 13.7. The molecule has 2 atom stereocenters. The Balaban J connectivity index is 1.83. The van der Waals surface area contributed by atoms with Gasteiger partial charge >= 0.3 is 11.9 Å². The standard InChI is InChI=1S/C28H50O4/c1-2-3-4-5-6-7-8-9-10-11-12-13-14-15-16-17-18-21-24-32-28(31)26-23-20-19-22-25(26)27(29)30/h5-6,25-26H,2-4,7-24H2,1H3,(H,29,30)/b6-5+. The number of rotatable bonds is 20. The van der Waals surface area contributed by atoms with E-state index in [1.54, 1.807) is 0 Å². The summed E-state index contributed by atoms with van der Waals surface area (Å²) in [6, 6.07) is 0. The maximum absolute atomic E-state index is 12.2. The van der Waals surface area contributed by atoms with Crippen LogP contribution in [0.4, 0.5) is 0 Å². The highest BCUT2D eigenvalue weighted by molar-refractivity contribution is 5.81. The van der Waals surface area contributed by atoms with Crippen molar-refractivity contribution in [3.05, 3.63) is 12.2 Å². The first-order chi connectivity index (χ1) is 15.7. The molecule has 1 N–H and O–H groups in total. The van der Waals surface area contributed by atoms with Gasteiger partial charge in [0.15, 0.2) is 0 Å². The Morgan fingerprint density at radius 2 is 1.19 bits per heavy atom. The van der Waals surface area contributed by atoms with Gasteiger partial charge < -0.3 is 9.84 Å². The molecule has 1 aliphatic carbocycles. The van der Waals surface area contributed by atoms with E-state index < -0.39 is 17.8 Å². The van der Waals surface area contributed by atoms with Crippen molar-refractivity contribution in [3.8, 4) is 0 Å². The minimum absolute atomic E-state index is 0.291. The highest BCUT2D eigenvalue weighted by atomic mass is 16.5. The minimum atomic E-state index is -0.850. The van der Waals surface area contributed by atoms with Crippen molar-refractivity contribution in [3.63, 3.8) is 0 Å². The van der Waals surface area contributed by atoms with E-state index in [1.165, 1.54) is 89.9 Å². The highest BCUT2D eigenvalue weighted by Gasteiger charge is 2.36. The van der Waals surface area contributed by atoms with Crippen LogP contribution in [0.3, 0.4) is 0 Å². The summed E-state index contributed by atoms with van der Waals surface area (Å²) in [6.07, 6.45) is 28.3. The van der Waals surface area contributed by atoms with Crippen molar-refractivity contribution < 1.29 is 19.4 Å². The molecule has 32 heavy (non-hydrogen) atoms. The quantitative estimate of drug-likeness (QED) is 0.115. The first kappa shape index (κ1) is 28.7. The van der Waals surface area contributed by atoms with Gasteiger partial charge in [-0.1, -0.05) is 109 Å². The Bertz CT molecular complexity index is 500. The Labute approximate surface area is 197 Å². The summed E-state index contributed by atoms with van der Waals surface area (Å²) in [5.74, 6) is -2.12. The van der Waals surface area contributed by atoms with Crippen LogP contribution in [0.1, 0.15) is 135 Å². The molecule has 4 nitrogen and oxygen atoms in total. The van der Waals surface area contributed by atoms with Crippen LogP contribution < -0.4 is 0 Å². The van der Waals surface area contributed by atoms with E-state index in [0.717, 1.165) is 25.7 Å². The van der Waals surface area contributed by atoms with Crippen LogP contribution in [0.5, 0.6) is 0 Å². The van der Waals surface area contributed by atoms with Crippen LogP contribution in [0.25, 0.3) is 0 Å². The van der Waals surface area contributed by atoms with E-state index in [-0.39, 0.29) is 5.97 Å². The first-order valence-electron chi connectivity index (χ1n) is 13.7. The van der Waals surface area contributed by atoms with Gasteiger partial charge in [-0.15, -0.1) is 0 Å². The van der Waals surface area contributed by atoms with Crippen molar-refractivity contribution in [2.45, 2.75) is 135 Å². The SMILES string of the molecule is CCCC/C=C/CCCCCCCCCCCCCCOC(=O)C1CCCCC1C(=O)O. The summed E-state index contributed by atoms with van der Waals surface area (Å²) in [5.41, 5.74) is 0. The van der Waals surface area contributed by atoms with Gasteiger partial charge in [-0.25, -0.2) is 0 Å². The molecule has 0 aliphatic heterocycles. The maximum atomic E-state index is 12.2. The third-order valence-electron chi connectivity index (χ3n) is 6.79. The Hall–Kier alpha value is -1.32. The number of esters is 1. The van der Waals surface area contributed by atoms with Crippen molar-refractivity contribution >= 4 is 11.9 Å². The second-order valence-electron chi connectivity index (χ2n) is 9.65.